The minimum atomic E-state index is -1.03. The van der Waals surface area contributed by atoms with Gasteiger partial charge in [-0.05, 0) is 48.4 Å². The summed E-state index contributed by atoms with van der Waals surface area (Å²) in [5.41, 5.74) is 1.11. The molecule has 1 fully saturated rings. The number of carbonyl (C=O) groups excluding carboxylic acids is 1. The predicted molar refractivity (Wildman–Crippen MR) is 116 cm³/mol. The zero-order chi connectivity index (χ0) is 21.1. The van der Waals surface area contributed by atoms with Gasteiger partial charge in [0.25, 0.3) is 5.91 Å². The Morgan fingerprint density at radius 2 is 2.03 bits per heavy atom. The lowest BCUT2D eigenvalue weighted by atomic mass is 10.2. The molecule has 0 spiro atoms. The Morgan fingerprint density at radius 3 is 2.62 bits per heavy atom. The first-order chi connectivity index (χ1) is 13.8. The summed E-state index contributed by atoms with van der Waals surface area (Å²) in [6.45, 7) is 1.73. The Labute approximate surface area is 181 Å². The van der Waals surface area contributed by atoms with E-state index in [-0.39, 0.29) is 10.9 Å². The van der Waals surface area contributed by atoms with Crippen LogP contribution in [0.15, 0.2) is 47.4 Å². The van der Waals surface area contributed by atoms with Crippen molar-refractivity contribution < 1.29 is 23.8 Å². The van der Waals surface area contributed by atoms with Crippen LogP contribution in [0.1, 0.15) is 18.9 Å². The second kappa shape index (κ2) is 8.94. The second-order valence-electron chi connectivity index (χ2n) is 6.04. The molecule has 2 aromatic carbocycles. The number of carbonyl (C=O) groups is 2. The van der Waals surface area contributed by atoms with Gasteiger partial charge in [0.1, 0.15) is 11.6 Å². The topological polar surface area (TPSA) is 66.8 Å². The highest BCUT2D eigenvalue weighted by Crippen LogP contribution is 2.37. The third-order valence-electron chi connectivity index (χ3n) is 4.06. The molecule has 1 aliphatic rings. The maximum absolute atomic E-state index is 13.4. The monoisotopic (exact) mass is 451 g/mol. The second-order valence-corrected chi connectivity index (χ2v) is 8.12. The first-order valence-corrected chi connectivity index (χ1v) is 10.1. The van der Waals surface area contributed by atoms with Crippen molar-refractivity contribution in [1.82, 2.24) is 0 Å². The Kier molecular flexibility index (Phi) is 6.56. The lowest BCUT2D eigenvalue weighted by molar-refractivity contribution is -0.145. The third kappa shape index (κ3) is 4.77. The highest BCUT2D eigenvalue weighted by molar-refractivity contribution is 8.27. The number of benzene rings is 2. The van der Waals surface area contributed by atoms with Crippen molar-refractivity contribution in [3.05, 3.63) is 63.8 Å². The zero-order valence-corrected chi connectivity index (χ0v) is 17.5. The first kappa shape index (κ1) is 21.3. The first-order valence-electron chi connectivity index (χ1n) is 8.52. The number of anilines is 1. The number of carboxylic acids is 1. The molecule has 150 valence electrons. The molecule has 3 rings (SSSR count). The predicted octanol–water partition coefficient (Wildman–Crippen LogP) is 5.13. The maximum Gasteiger partial charge on any atom is 0.344 e. The highest BCUT2D eigenvalue weighted by Gasteiger charge is 2.33. The van der Waals surface area contributed by atoms with Gasteiger partial charge in [0.05, 0.1) is 15.6 Å². The molecule has 0 aromatic heterocycles. The van der Waals surface area contributed by atoms with E-state index < -0.39 is 17.9 Å². The molecular formula is C20H15ClFNO4S2. The molecule has 0 radical (unpaired) electrons. The summed E-state index contributed by atoms with van der Waals surface area (Å²) in [6, 6.07) is 10.7. The van der Waals surface area contributed by atoms with E-state index in [1.807, 2.05) is 0 Å². The Balaban J connectivity index is 1.78. The van der Waals surface area contributed by atoms with Crippen LogP contribution in [0.4, 0.5) is 10.1 Å². The Bertz CT molecular complexity index is 1010. The van der Waals surface area contributed by atoms with Crippen LogP contribution in [-0.2, 0) is 9.59 Å². The summed E-state index contributed by atoms with van der Waals surface area (Å²) in [5.74, 6) is -1.52. The molecular weight excluding hydrogens is 437 g/mol. The van der Waals surface area contributed by atoms with Crippen molar-refractivity contribution >= 4 is 63.5 Å². The zero-order valence-electron chi connectivity index (χ0n) is 15.1. The smallest absolute Gasteiger partial charge is 0.344 e. The van der Waals surface area contributed by atoms with Crippen LogP contribution >= 0.6 is 35.6 Å². The van der Waals surface area contributed by atoms with E-state index in [0.29, 0.717) is 27.1 Å². The number of amides is 1. The number of nitrogens with zero attached hydrogens (tertiary/aromatic N) is 1. The number of rotatable bonds is 6. The largest absolute Gasteiger partial charge is 0.479 e. The van der Waals surface area contributed by atoms with Gasteiger partial charge in [-0.3, -0.25) is 9.69 Å². The van der Waals surface area contributed by atoms with E-state index in [1.165, 1.54) is 23.1 Å². The fourth-order valence-electron chi connectivity index (χ4n) is 2.58. The van der Waals surface area contributed by atoms with E-state index in [1.54, 1.807) is 37.3 Å². The summed E-state index contributed by atoms with van der Waals surface area (Å²) in [5, 5.41) is 8.97. The van der Waals surface area contributed by atoms with Gasteiger partial charge in [0.15, 0.2) is 10.4 Å². The van der Waals surface area contributed by atoms with Crippen molar-refractivity contribution in [2.45, 2.75) is 19.4 Å². The highest BCUT2D eigenvalue weighted by atomic mass is 35.5. The van der Waals surface area contributed by atoms with Crippen LogP contribution in [0.25, 0.3) is 6.08 Å². The summed E-state index contributed by atoms with van der Waals surface area (Å²) >= 11 is 12.2. The number of thioether (sulfide) groups is 1. The number of hydrogen-bond donors (Lipinski definition) is 1. The Hall–Kier alpha value is -2.42. The third-order valence-corrected chi connectivity index (χ3v) is 5.65. The molecule has 9 heteroatoms. The normalized spacial score (nSPS) is 16.4. The van der Waals surface area contributed by atoms with Crippen molar-refractivity contribution in [3.63, 3.8) is 0 Å². The molecule has 2 aromatic rings. The van der Waals surface area contributed by atoms with E-state index in [9.17, 15) is 14.0 Å². The fraction of sp³-hybridized carbons (Fsp3) is 0.150. The standard InChI is InChI=1S/C20H15ClFNO4S2/c1-2-16(19(25)26)27-13-6-3-11(4-7-13)9-17-18(24)23(20(28)29-17)12-5-8-15(22)14(21)10-12/h3-10,16H,2H2,1H3,(H,25,26)/b17-9+. The molecule has 1 atom stereocenters. The minimum absolute atomic E-state index is 0.0946. The average Bonchev–Trinajstić information content (AvgIpc) is 2.96. The molecule has 5 nitrogen and oxygen atoms in total. The summed E-state index contributed by atoms with van der Waals surface area (Å²) in [6.07, 6.45) is 1.09. The quantitative estimate of drug-likeness (QED) is 0.485. The molecule has 1 N–H and O–H groups in total. The van der Waals surface area contributed by atoms with Gasteiger partial charge >= 0.3 is 5.97 Å². The van der Waals surface area contributed by atoms with Crippen LogP contribution in [0, 0.1) is 5.82 Å². The molecule has 0 bridgehead atoms. The van der Waals surface area contributed by atoms with Gasteiger partial charge in [-0.2, -0.15) is 0 Å². The summed E-state index contributed by atoms with van der Waals surface area (Å²) in [4.78, 5) is 25.5. The van der Waals surface area contributed by atoms with Crippen molar-refractivity contribution in [3.8, 4) is 5.75 Å². The molecule has 1 saturated heterocycles. The number of hydrogen-bond acceptors (Lipinski definition) is 5. The number of halogens is 2. The van der Waals surface area contributed by atoms with E-state index in [4.69, 9.17) is 33.7 Å². The van der Waals surface area contributed by atoms with Gasteiger partial charge in [0, 0.05) is 0 Å². The number of thiocarbonyl (C=S) groups is 1. The molecule has 1 unspecified atom stereocenters. The van der Waals surface area contributed by atoms with Gasteiger partial charge in [-0.15, -0.1) is 0 Å². The lowest BCUT2D eigenvalue weighted by Crippen LogP contribution is -2.27. The van der Waals surface area contributed by atoms with Crippen LogP contribution in [0.5, 0.6) is 5.75 Å². The van der Waals surface area contributed by atoms with Gasteiger partial charge < -0.3 is 9.84 Å². The van der Waals surface area contributed by atoms with Crippen molar-refractivity contribution in [1.29, 1.82) is 0 Å². The average molecular weight is 452 g/mol. The molecule has 1 heterocycles. The van der Waals surface area contributed by atoms with Crippen molar-refractivity contribution in [2.24, 2.45) is 0 Å². The number of ether oxygens (including phenoxy) is 1. The lowest BCUT2D eigenvalue weighted by Gasteiger charge is -2.14. The van der Waals surface area contributed by atoms with E-state index in [0.717, 1.165) is 17.3 Å². The number of carboxylic acid groups (broad SMARTS) is 1. The number of aliphatic carboxylic acids is 1. The van der Waals surface area contributed by atoms with E-state index >= 15 is 0 Å². The van der Waals surface area contributed by atoms with Crippen LogP contribution in [-0.4, -0.2) is 27.4 Å². The molecule has 1 aliphatic heterocycles. The molecule has 0 saturated carbocycles. The van der Waals surface area contributed by atoms with E-state index in [2.05, 4.69) is 0 Å². The minimum Gasteiger partial charge on any atom is -0.479 e. The summed E-state index contributed by atoms with van der Waals surface area (Å²) in [7, 11) is 0. The maximum atomic E-state index is 13.4. The summed E-state index contributed by atoms with van der Waals surface area (Å²) < 4.78 is 19.1. The SMILES string of the molecule is CCC(Oc1ccc(/C=C2/SC(=S)N(c3ccc(F)c(Cl)c3)C2=O)cc1)C(=O)O. The van der Waals surface area contributed by atoms with Crippen molar-refractivity contribution in [2.75, 3.05) is 4.90 Å². The van der Waals surface area contributed by atoms with Crippen LogP contribution in [0.3, 0.4) is 0 Å². The van der Waals surface area contributed by atoms with Gasteiger partial charge in [0.2, 0.25) is 0 Å². The van der Waals surface area contributed by atoms with Crippen LogP contribution < -0.4 is 9.64 Å². The molecule has 29 heavy (non-hydrogen) atoms. The molecule has 0 aliphatic carbocycles. The Morgan fingerprint density at radius 1 is 1.34 bits per heavy atom. The molecule has 1 amide bonds. The van der Waals surface area contributed by atoms with Crippen LogP contribution in [0.2, 0.25) is 5.02 Å². The van der Waals surface area contributed by atoms with Gasteiger partial charge in [-0.1, -0.05) is 54.6 Å². The van der Waals surface area contributed by atoms with Gasteiger partial charge in [-0.25, -0.2) is 9.18 Å². The fourth-order valence-corrected chi connectivity index (χ4v) is 4.05.